The van der Waals surface area contributed by atoms with Gasteiger partial charge in [-0.15, -0.1) is 22.7 Å². The predicted molar refractivity (Wildman–Crippen MR) is 140 cm³/mol. The Balaban J connectivity index is 0.00000114. The van der Waals surface area contributed by atoms with Crippen molar-refractivity contribution in [3.8, 4) is 15.6 Å². The van der Waals surface area contributed by atoms with Crippen molar-refractivity contribution in [1.82, 2.24) is 9.88 Å². The number of likely N-dealkylation sites (tertiary alicyclic amines) is 1. The highest BCUT2D eigenvalue weighted by Crippen LogP contribution is 2.41. The summed E-state index contributed by atoms with van der Waals surface area (Å²) in [6.45, 7) is 15.4. The molecule has 3 heterocycles. The molecule has 0 radical (unpaired) electrons. The van der Waals surface area contributed by atoms with Crippen molar-refractivity contribution >= 4 is 29.1 Å². The number of hydrogen-bond donors (Lipinski definition) is 1. The van der Waals surface area contributed by atoms with Gasteiger partial charge in [0, 0.05) is 42.2 Å². The van der Waals surface area contributed by atoms with Crippen molar-refractivity contribution in [2.24, 2.45) is 11.3 Å². The minimum absolute atomic E-state index is 0.215. The molecule has 0 amide bonds. The maximum Gasteiger partial charge on any atom is 0.387 e. The van der Waals surface area contributed by atoms with Gasteiger partial charge in [-0.25, -0.2) is 4.98 Å². The molecule has 2 aromatic rings. The van der Waals surface area contributed by atoms with Gasteiger partial charge in [0.15, 0.2) is 0 Å². The first-order chi connectivity index (χ1) is 16.6. The lowest BCUT2D eigenvalue weighted by molar-refractivity contribution is -0.122. The Morgan fingerprint density at radius 2 is 1.94 bits per heavy atom. The summed E-state index contributed by atoms with van der Waals surface area (Å²) in [6, 6.07) is 1.65. The molecule has 0 spiro atoms. The molecule has 35 heavy (non-hydrogen) atoms. The van der Waals surface area contributed by atoms with E-state index in [4.69, 9.17) is 19.4 Å². The van der Waals surface area contributed by atoms with Crippen LogP contribution in [-0.4, -0.2) is 53.9 Å². The second kappa shape index (κ2) is 15.5. The van der Waals surface area contributed by atoms with E-state index >= 15 is 0 Å². The minimum Gasteiger partial charge on any atom is -0.483 e. The van der Waals surface area contributed by atoms with E-state index in [0.29, 0.717) is 10.8 Å². The number of carboxylic acid groups (broad SMARTS) is 1. The highest BCUT2D eigenvalue weighted by molar-refractivity contribution is 7.22. The van der Waals surface area contributed by atoms with Crippen LogP contribution in [0.1, 0.15) is 64.1 Å². The zero-order valence-electron chi connectivity index (χ0n) is 21.8. The van der Waals surface area contributed by atoms with Crippen LogP contribution in [0.3, 0.4) is 0 Å². The first-order valence-electron chi connectivity index (χ1n) is 12.0. The average Bonchev–Trinajstić information content (AvgIpc) is 3.39. The number of nitrogens with zero attached hydrogens (tertiary/aromatic N) is 2. The number of thiazole rings is 1. The molecular weight excluding hydrogens is 494 g/mol. The summed E-state index contributed by atoms with van der Waals surface area (Å²) < 4.78 is 36.3. The van der Waals surface area contributed by atoms with Crippen LogP contribution in [0.2, 0.25) is 0 Å². The van der Waals surface area contributed by atoms with Gasteiger partial charge in [-0.1, -0.05) is 41.5 Å². The van der Waals surface area contributed by atoms with Gasteiger partial charge in [0.1, 0.15) is 15.6 Å². The molecule has 200 valence electrons. The highest BCUT2D eigenvalue weighted by atomic mass is 32.1. The van der Waals surface area contributed by atoms with Gasteiger partial charge in [0.2, 0.25) is 0 Å². The summed E-state index contributed by atoms with van der Waals surface area (Å²) in [5.41, 5.74) is 0.224. The highest BCUT2D eigenvalue weighted by Gasteiger charge is 2.34. The molecule has 3 rings (SSSR count). The van der Waals surface area contributed by atoms with E-state index in [1.54, 1.807) is 17.4 Å². The van der Waals surface area contributed by atoms with E-state index in [0.717, 1.165) is 53.8 Å². The summed E-state index contributed by atoms with van der Waals surface area (Å²) in [5, 5.41) is 7.63. The van der Waals surface area contributed by atoms with Crippen molar-refractivity contribution in [3.63, 3.8) is 0 Å². The van der Waals surface area contributed by atoms with E-state index < -0.39 is 6.61 Å². The van der Waals surface area contributed by atoms with E-state index in [1.807, 2.05) is 27.0 Å². The van der Waals surface area contributed by atoms with Crippen LogP contribution in [0.15, 0.2) is 12.3 Å². The molecule has 0 bridgehead atoms. The van der Waals surface area contributed by atoms with Gasteiger partial charge >= 0.3 is 6.61 Å². The Labute approximate surface area is 216 Å². The first kappa shape index (κ1) is 31.4. The molecule has 1 aliphatic rings. The lowest BCUT2D eigenvalue weighted by atomic mass is 9.75. The fourth-order valence-electron chi connectivity index (χ4n) is 3.83. The van der Waals surface area contributed by atoms with Crippen molar-refractivity contribution in [1.29, 1.82) is 0 Å². The van der Waals surface area contributed by atoms with Crippen LogP contribution in [-0.2, 0) is 16.1 Å². The van der Waals surface area contributed by atoms with Gasteiger partial charge in [-0.3, -0.25) is 9.69 Å². The molecular formula is C25H40F2N2O4S2. The van der Waals surface area contributed by atoms with E-state index in [1.165, 1.54) is 11.3 Å². The van der Waals surface area contributed by atoms with Gasteiger partial charge in [-0.05, 0) is 37.2 Å². The molecule has 1 saturated heterocycles. The van der Waals surface area contributed by atoms with Gasteiger partial charge < -0.3 is 14.6 Å². The summed E-state index contributed by atoms with van der Waals surface area (Å²) in [4.78, 5) is 18.1. The SMILES string of the molecule is CC.CCCOC1CC(C(C)(C)C)CN(Cc2cnc(-c3sc(C)cc3OC(F)F)s2)C1.O=CO. The third-order valence-corrected chi connectivity index (χ3v) is 7.60. The van der Waals surface area contributed by atoms with Crippen molar-refractivity contribution in [3.05, 3.63) is 22.0 Å². The number of aryl methyl sites for hydroxylation is 1. The minimum atomic E-state index is -2.83. The smallest absolute Gasteiger partial charge is 0.387 e. The Hall–Kier alpha value is -1.62. The topological polar surface area (TPSA) is 71.9 Å². The standard InChI is InChI=1S/C22H32F2N2O2S2.C2H6.CH2O2/c1-6-7-27-16-9-15(22(3,4)5)11-26(12-16)13-17-10-25-20(30-17)19-18(28-21(23)24)8-14(2)29-19;1-2;2-1-3/h8,10,15-16,21H,6-7,9,11-13H2,1-5H3;1-2H3;1H,(H,2,3). The molecule has 1 N–H and O–H groups in total. The fraction of sp³-hybridized carbons (Fsp3) is 0.680. The molecule has 10 heteroatoms. The number of piperidine rings is 1. The summed E-state index contributed by atoms with van der Waals surface area (Å²) in [5.74, 6) is 0.777. The van der Waals surface area contributed by atoms with Crippen molar-refractivity contribution in [2.45, 2.75) is 80.6 Å². The van der Waals surface area contributed by atoms with Crippen LogP contribution < -0.4 is 4.74 Å². The molecule has 0 saturated carbocycles. The van der Waals surface area contributed by atoms with Crippen molar-refractivity contribution < 1.29 is 28.2 Å². The lowest BCUT2D eigenvalue weighted by Crippen LogP contribution is -2.47. The van der Waals surface area contributed by atoms with E-state index in [-0.39, 0.29) is 23.7 Å². The predicted octanol–water partition coefficient (Wildman–Crippen LogP) is 7.17. The number of aromatic nitrogens is 1. The average molecular weight is 535 g/mol. The maximum absolute atomic E-state index is 12.7. The van der Waals surface area contributed by atoms with E-state index in [2.05, 4.69) is 37.6 Å². The lowest BCUT2D eigenvalue weighted by Gasteiger charge is -2.43. The number of rotatable bonds is 8. The summed E-state index contributed by atoms with van der Waals surface area (Å²) in [7, 11) is 0. The van der Waals surface area contributed by atoms with Gasteiger partial charge in [0.05, 0.1) is 6.10 Å². The zero-order valence-corrected chi connectivity index (χ0v) is 23.5. The van der Waals surface area contributed by atoms with Crippen LogP contribution in [0.5, 0.6) is 5.75 Å². The first-order valence-corrected chi connectivity index (χ1v) is 13.6. The Bertz CT molecular complexity index is 868. The monoisotopic (exact) mass is 534 g/mol. The van der Waals surface area contributed by atoms with Crippen LogP contribution in [0.4, 0.5) is 8.78 Å². The van der Waals surface area contributed by atoms with E-state index in [9.17, 15) is 8.78 Å². The number of thiophene rings is 1. The molecule has 6 nitrogen and oxygen atoms in total. The second-order valence-electron chi connectivity index (χ2n) is 9.15. The summed E-state index contributed by atoms with van der Waals surface area (Å²) >= 11 is 2.99. The molecule has 1 aliphatic heterocycles. The largest absolute Gasteiger partial charge is 0.483 e. The van der Waals surface area contributed by atoms with Crippen molar-refractivity contribution in [2.75, 3.05) is 19.7 Å². The number of carbonyl (C=O) groups is 1. The quantitative estimate of drug-likeness (QED) is 0.362. The third kappa shape index (κ3) is 10.5. The number of alkyl halides is 2. The third-order valence-electron chi connectivity index (χ3n) is 5.43. The normalized spacial score (nSPS) is 18.3. The molecule has 2 atom stereocenters. The Kier molecular flexibility index (Phi) is 13.9. The van der Waals surface area contributed by atoms with Crippen LogP contribution in [0.25, 0.3) is 9.88 Å². The van der Waals surface area contributed by atoms with Crippen LogP contribution >= 0.6 is 22.7 Å². The van der Waals surface area contributed by atoms with Crippen LogP contribution in [0, 0.1) is 18.3 Å². The molecule has 2 unspecified atom stereocenters. The molecule has 0 aromatic carbocycles. The Morgan fingerprint density at radius 1 is 1.29 bits per heavy atom. The Morgan fingerprint density at radius 3 is 2.51 bits per heavy atom. The number of hydrogen-bond acceptors (Lipinski definition) is 7. The second-order valence-corrected chi connectivity index (χ2v) is 11.5. The fourth-order valence-corrected chi connectivity index (χ4v) is 5.82. The van der Waals surface area contributed by atoms with Gasteiger partial charge in [-0.2, -0.15) is 8.78 Å². The zero-order chi connectivity index (χ0) is 26.6. The summed E-state index contributed by atoms with van der Waals surface area (Å²) in [6.07, 6.45) is 4.24. The number of halogens is 2. The molecule has 0 aliphatic carbocycles. The molecule has 2 aromatic heterocycles. The maximum atomic E-state index is 12.7. The number of ether oxygens (including phenoxy) is 2. The molecule has 1 fully saturated rings. The van der Waals surface area contributed by atoms with Gasteiger partial charge in [0.25, 0.3) is 6.47 Å².